The van der Waals surface area contributed by atoms with Gasteiger partial charge in [-0.1, -0.05) is 48.0 Å². The van der Waals surface area contributed by atoms with E-state index in [1.165, 1.54) is 6.21 Å². The monoisotopic (exact) mass is 406 g/mol. The van der Waals surface area contributed by atoms with Crippen LogP contribution in [0.5, 0.6) is 5.75 Å². The third kappa shape index (κ3) is 3.15. The Morgan fingerprint density at radius 1 is 1.00 bits per heavy atom. The van der Waals surface area contributed by atoms with E-state index in [1.807, 2.05) is 48.5 Å². The number of hydrazone groups is 1. The summed E-state index contributed by atoms with van der Waals surface area (Å²) in [6.45, 7) is 0.378. The van der Waals surface area contributed by atoms with Gasteiger partial charge in [0.15, 0.2) is 0 Å². The second kappa shape index (κ2) is 7.16. The van der Waals surface area contributed by atoms with Crippen LogP contribution >= 0.6 is 11.6 Å². The Bertz CT molecular complexity index is 1000. The molecular formula is C23H19ClN2O3. The van der Waals surface area contributed by atoms with Gasteiger partial charge in [0.1, 0.15) is 12.4 Å². The van der Waals surface area contributed by atoms with Crippen molar-refractivity contribution in [1.82, 2.24) is 5.01 Å². The Morgan fingerprint density at radius 3 is 2.34 bits per heavy atom. The molecule has 2 aromatic rings. The van der Waals surface area contributed by atoms with Gasteiger partial charge in [-0.15, -0.1) is 0 Å². The van der Waals surface area contributed by atoms with Crippen molar-refractivity contribution in [2.45, 2.75) is 13.0 Å². The van der Waals surface area contributed by atoms with E-state index in [-0.39, 0.29) is 35.5 Å². The predicted octanol–water partition coefficient (Wildman–Crippen LogP) is 4.06. The number of benzene rings is 2. The molecule has 2 aliphatic carbocycles. The third-order valence-corrected chi connectivity index (χ3v) is 6.24. The summed E-state index contributed by atoms with van der Waals surface area (Å²) in [5, 5.41) is 5.97. The van der Waals surface area contributed by atoms with Crippen LogP contribution in [0, 0.1) is 23.7 Å². The smallest absolute Gasteiger partial charge is 0.254 e. The second-order valence-electron chi connectivity index (χ2n) is 7.69. The molecule has 0 radical (unpaired) electrons. The van der Waals surface area contributed by atoms with Gasteiger partial charge in [-0.2, -0.15) is 10.1 Å². The molecule has 2 bridgehead atoms. The summed E-state index contributed by atoms with van der Waals surface area (Å²) in [7, 11) is 0. The van der Waals surface area contributed by atoms with Crippen LogP contribution in [0.25, 0.3) is 0 Å². The van der Waals surface area contributed by atoms with Gasteiger partial charge in [-0.3, -0.25) is 9.59 Å². The van der Waals surface area contributed by atoms with Crippen LogP contribution in [0.4, 0.5) is 0 Å². The fraction of sp³-hybridized carbons (Fsp3) is 0.261. The molecule has 0 aromatic heterocycles. The lowest BCUT2D eigenvalue weighted by atomic mass is 9.85. The van der Waals surface area contributed by atoms with E-state index >= 15 is 0 Å². The molecule has 0 unspecified atom stereocenters. The van der Waals surface area contributed by atoms with Gasteiger partial charge >= 0.3 is 0 Å². The Labute approximate surface area is 173 Å². The van der Waals surface area contributed by atoms with Crippen LogP contribution in [-0.2, 0) is 16.2 Å². The number of ether oxygens (including phenoxy) is 1. The van der Waals surface area contributed by atoms with Crippen LogP contribution in [0.15, 0.2) is 65.8 Å². The van der Waals surface area contributed by atoms with E-state index in [2.05, 4.69) is 17.3 Å². The lowest BCUT2D eigenvalue weighted by Gasteiger charge is -2.13. The summed E-state index contributed by atoms with van der Waals surface area (Å²) in [6, 6.07) is 14.9. The lowest BCUT2D eigenvalue weighted by Crippen LogP contribution is -2.28. The average Bonchev–Trinajstić information content (AvgIpc) is 3.41. The van der Waals surface area contributed by atoms with E-state index in [0.29, 0.717) is 22.9 Å². The number of hydrogen-bond acceptors (Lipinski definition) is 4. The highest BCUT2D eigenvalue weighted by molar-refractivity contribution is 6.30. The van der Waals surface area contributed by atoms with Crippen molar-refractivity contribution in [3.05, 3.63) is 76.8 Å². The average molecular weight is 407 g/mol. The number of rotatable bonds is 5. The zero-order valence-corrected chi connectivity index (χ0v) is 16.3. The fourth-order valence-corrected chi connectivity index (χ4v) is 4.71. The van der Waals surface area contributed by atoms with Crippen molar-refractivity contribution in [3.8, 4) is 5.75 Å². The van der Waals surface area contributed by atoms with Crippen LogP contribution in [0.1, 0.15) is 17.5 Å². The number of halogens is 1. The molecule has 1 aliphatic heterocycles. The van der Waals surface area contributed by atoms with Crippen molar-refractivity contribution in [1.29, 1.82) is 0 Å². The number of carbonyl (C=O) groups excluding carboxylic acids is 2. The molecule has 6 heteroatoms. The second-order valence-corrected chi connectivity index (χ2v) is 8.12. The molecule has 2 amide bonds. The molecule has 4 atom stereocenters. The van der Waals surface area contributed by atoms with Gasteiger partial charge in [-0.25, -0.2) is 0 Å². The maximum atomic E-state index is 12.7. The molecule has 3 aliphatic rings. The highest BCUT2D eigenvalue weighted by Gasteiger charge is 2.59. The minimum atomic E-state index is -0.244. The molecule has 1 saturated carbocycles. The predicted molar refractivity (Wildman–Crippen MR) is 109 cm³/mol. The van der Waals surface area contributed by atoms with Crippen molar-refractivity contribution < 1.29 is 14.3 Å². The number of amides is 2. The molecule has 1 saturated heterocycles. The van der Waals surface area contributed by atoms with Crippen LogP contribution in [0.3, 0.4) is 0 Å². The molecule has 1 heterocycles. The first-order valence-electron chi connectivity index (χ1n) is 9.68. The van der Waals surface area contributed by atoms with E-state index < -0.39 is 0 Å². The summed E-state index contributed by atoms with van der Waals surface area (Å²) in [5.74, 6) is 0.123. The SMILES string of the molecule is O=C1[C@@H]2[C@H](C(=O)N1/N=C\c1ccccc1OCc1ccc(Cl)cc1)[C@@H]1C=C[C@@H]2C1. The Morgan fingerprint density at radius 2 is 1.66 bits per heavy atom. The molecule has 5 rings (SSSR count). The number of hydrogen-bond donors (Lipinski definition) is 0. The maximum Gasteiger partial charge on any atom is 0.254 e. The Kier molecular flexibility index (Phi) is 4.47. The topological polar surface area (TPSA) is 59.0 Å². The first-order chi connectivity index (χ1) is 14.1. The van der Waals surface area contributed by atoms with E-state index in [9.17, 15) is 9.59 Å². The normalized spacial score (nSPS) is 27.3. The van der Waals surface area contributed by atoms with Crippen molar-refractivity contribution in [3.63, 3.8) is 0 Å². The Hall–Kier alpha value is -2.92. The quantitative estimate of drug-likeness (QED) is 0.427. The first-order valence-corrected chi connectivity index (χ1v) is 10.1. The number of allylic oxidation sites excluding steroid dienone is 2. The molecular weight excluding hydrogens is 388 g/mol. The zero-order chi connectivity index (χ0) is 20.0. The van der Waals surface area contributed by atoms with Gasteiger partial charge in [0.2, 0.25) is 0 Å². The van der Waals surface area contributed by atoms with Crippen molar-refractivity contribution >= 4 is 29.6 Å². The summed E-state index contributed by atoms with van der Waals surface area (Å²) in [6.07, 6.45) is 6.59. The number of carbonyl (C=O) groups is 2. The molecule has 0 spiro atoms. The molecule has 29 heavy (non-hydrogen) atoms. The number of para-hydroxylation sites is 1. The summed E-state index contributed by atoms with van der Waals surface area (Å²) >= 11 is 5.92. The zero-order valence-electron chi connectivity index (χ0n) is 15.6. The van der Waals surface area contributed by atoms with Crippen LogP contribution in [-0.4, -0.2) is 23.0 Å². The summed E-state index contributed by atoms with van der Waals surface area (Å²) in [5.41, 5.74) is 1.70. The van der Waals surface area contributed by atoms with Gasteiger partial charge in [0.05, 0.1) is 18.1 Å². The highest BCUT2D eigenvalue weighted by Crippen LogP contribution is 2.52. The number of nitrogens with zero attached hydrogens (tertiary/aromatic N) is 2. The maximum absolute atomic E-state index is 12.7. The van der Waals surface area contributed by atoms with Gasteiger partial charge in [0, 0.05) is 10.6 Å². The largest absolute Gasteiger partial charge is 0.488 e. The molecule has 0 N–H and O–H groups in total. The minimum absolute atomic E-state index is 0.177. The minimum Gasteiger partial charge on any atom is -0.488 e. The van der Waals surface area contributed by atoms with Gasteiger partial charge in [-0.05, 0) is 48.1 Å². The molecule has 146 valence electrons. The van der Waals surface area contributed by atoms with Crippen LogP contribution in [0.2, 0.25) is 5.02 Å². The van der Waals surface area contributed by atoms with E-state index in [1.54, 1.807) is 0 Å². The van der Waals surface area contributed by atoms with Gasteiger partial charge in [0.25, 0.3) is 11.8 Å². The first kappa shape index (κ1) is 18.1. The lowest BCUT2D eigenvalue weighted by molar-refractivity contribution is -0.140. The summed E-state index contributed by atoms with van der Waals surface area (Å²) < 4.78 is 5.92. The van der Waals surface area contributed by atoms with E-state index in [0.717, 1.165) is 17.0 Å². The van der Waals surface area contributed by atoms with Crippen molar-refractivity contribution in [2.75, 3.05) is 0 Å². The van der Waals surface area contributed by atoms with Crippen molar-refractivity contribution in [2.24, 2.45) is 28.8 Å². The third-order valence-electron chi connectivity index (χ3n) is 5.99. The van der Waals surface area contributed by atoms with Crippen LogP contribution < -0.4 is 4.74 Å². The molecule has 5 nitrogen and oxygen atoms in total. The van der Waals surface area contributed by atoms with Gasteiger partial charge < -0.3 is 4.74 Å². The number of imide groups is 1. The molecule has 2 aromatic carbocycles. The standard InChI is InChI=1S/C23H19ClN2O3/c24-18-9-5-14(6-10-18)13-29-19-4-2-1-3-17(19)12-25-26-22(27)20-15-7-8-16(11-15)21(20)23(26)28/h1-10,12,15-16,20-21H,11,13H2/b25-12-/t15-,16-,20-,21+/m1/s1. The highest BCUT2D eigenvalue weighted by atomic mass is 35.5. The fourth-order valence-electron chi connectivity index (χ4n) is 4.58. The number of fused-ring (bicyclic) bond motifs is 5. The van der Waals surface area contributed by atoms with E-state index in [4.69, 9.17) is 16.3 Å². The summed E-state index contributed by atoms with van der Waals surface area (Å²) in [4.78, 5) is 25.5. The molecule has 2 fully saturated rings. The Balaban J connectivity index is 1.32.